The Balaban J connectivity index is 1.90. The van der Waals surface area contributed by atoms with Gasteiger partial charge in [0.15, 0.2) is 0 Å². The Hall–Kier alpha value is -1.06. The van der Waals surface area contributed by atoms with Crippen molar-refractivity contribution in [2.75, 3.05) is 13.1 Å². The van der Waals surface area contributed by atoms with Crippen LogP contribution >= 0.6 is 0 Å². The lowest BCUT2D eigenvalue weighted by molar-refractivity contribution is -0.139. The molecule has 0 aromatic carbocycles. The minimum absolute atomic E-state index is 0.0561. The molecule has 18 heavy (non-hydrogen) atoms. The molecule has 0 aromatic rings. The summed E-state index contributed by atoms with van der Waals surface area (Å²) in [4.78, 5) is 24.8. The first-order valence-corrected chi connectivity index (χ1v) is 7.01. The first-order chi connectivity index (χ1) is 8.50. The highest BCUT2D eigenvalue weighted by molar-refractivity contribution is 5.83. The Labute approximate surface area is 108 Å². The maximum atomic E-state index is 12.4. The maximum Gasteiger partial charge on any atom is 0.305 e. The zero-order valence-corrected chi connectivity index (χ0v) is 11.3. The second-order valence-corrected chi connectivity index (χ2v) is 6.11. The van der Waals surface area contributed by atoms with E-state index in [0.29, 0.717) is 30.8 Å². The summed E-state index contributed by atoms with van der Waals surface area (Å²) in [5.41, 5.74) is 0. The second-order valence-electron chi connectivity index (χ2n) is 6.11. The van der Waals surface area contributed by atoms with Crippen LogP contribution in [0.4, 0.5) is 0 Å². The first-order valence-electron chi connectivity index (χ1n) is 7.01. The fraction of sp³-hybridized carbons (Fsp3) is 0.857. The average molecular weight is 253 g/mol. The molecule has 102 valence electrons. The molecule has 2 saturated carbocycles. The smallest absolute Gasteiger partial charge is 0.305 e. The summed E-state index contributed by atoms with van der Waals surface area (Å²) in [6.07, 6.45) is 3.70. The Morgan fingerprint density at radius 3 is 2.39 bits per heavy atom. The number of fused-ring (bicyclic) bond motifs is 1. The van der Waals surface area contributed by atoms with Gasteiger partial charge in [0, 0.05) is 19.0 Å². The molecule has 2 atom stereocenters. The van der Waals surface area contributed by atoms with Gasteiger partial charge in [-0.15, -0.1) is 0 Å². The number of carbonyl (C=O) groups excluding carboxylic acids is 1. The van der Waals surface area contributed by atoms with Gasteiger partial charge in [0.1, 0.15) is 0 Å². The third kappa shape index (κ3) is 2.85. The number of aliphatic carboxylic acids is 1. The normalized spacial score (nSPS) is 29.2. The highest BCUT2D eigenvalue weighted by atomic mass is 16.4. The van der Waals surface area contributed by atoms with Crippen molar-refractivity contribution in [1.82, 2.24) is 4.90 Å². The summed E-state index contributed by atoms with van der Waals surface area (Å²) in [6.45, 7) is 5.17. The number of amides is 1. The molecule has 0 spiro atoms. The van der Waals surface area contributed by atoms with Crippen molar-refractivity contribution in [1.29, 1.82) is 0 Å². The fourth-order valence-electron chi connectivity index (χ4n) is 3.36. The molecule has 1 N–H and O–H groups in total. The number of hydrogen-bond donors (Lipinski definition) is 1. The molecule has 2 rings (SSSR count). The Morgan fingerprint density at radius 2 is 1.89 bits per heavy atom. The minimum atomic E-state index is -0.826. The average Bonchev–Trinajstić information content (AvgIpc) is 2.76. The Bertz CT molecular complexity index is 330. The summed E-state index contributed by atoms with van der Waals surface area (Å²) in [5, 5.41) is 8.76. The molecule has 0 aliphatic heterocycles. The lowest BCUT2D eigenvalue weighted by atomic mass is 10.1. The van der Waals surface area contributed by atoms with Crippen LogP contribution in [0.3, 0.4) is 0 Å². The molecular weight excluding hydrogens is 230 g/mol. The third-order valence-corrected chi connectivity index (χ3v) is 4.18. The van der Waals surface area contributed by atoms with Crippen LogP contribution < -0.4 is 0 Å². The highest BCUT2D eigenvalue weighted by Crippen LogP contribution is 2.58. The number of carbonyl (C=O) groups is 2. The zero-order chi connectivity index (χ0) is 13.3. The molecule has 0 aromatic heterocycles. The molecule has 4 nitrogen and oxygen atoms in total. The van der Waals surface area contributed by atoms with Gasteiger partial charge < -0.3 is 10.0 Å². The lowest BCUT2D eigenvalue weighted by Crippen LogP contribution is -2.37. The number of nitrogens with zero attached hydrogens (tertiary/aromatic N) is 1. The van der Waals surface area contributed by atoms with E-state index >= 15 is 0 Å². The molecule has 2 aliphatic carbocycles. The van der Waals surface area contributed by atoms with Crippen LogP contribution in [0.25, 0.3) is 0 Å². The van der Waals surface area contributed by atoms with Gasteiger partial charge >= 0.3 is 5.97 Å². The number of rotatable bonds is 6. The number of hydrogen-bond acceptors (Lipinski definition) is 2. The predicted molar refractivity (Wildman–Crippen MR) is 68.0 cm³/mol. The largest absolute Gasteiger partial charge is 0.481 e. The molecule has 0 heterocycles. The topological polar surface area (TPSA) is 57.6 Å². The van der Waals surface area contributed by atoms with Gasteiger partial charge in [-0.25, -0.2) is 0 Å². The van der Waals surface area contributed by atoms with Crippen LogP contribution in [0.5, 0.6) is 0 Å². The van der Waals surface area contributed by atoms with Crippen molar-refractivity contribution >= 4 is 11.9 Å². The van der Waals surface area contributed by atoms with Crippen LogP contribution in [-0.2, 0) is 9.59 Å². The Morgan fingerprint density at radius 1 is 1.28 bits per heavy atom. The molecule has 2 fully saturated rings. The van der Waals surface area contributed by atoms with Crippen molar-refractivity contribution in [3.8, 4) is 0 Å². The Kier molecular flexibility index (Phi) is 3.93. The van der Waals surface area contributed by atoms with E-state index in [4.69, 9.17) is 5.11 Å². The van der Waals surface area contributed by atoms with E-state index in [1.807, 2.05) is 0 Å². The number of carboxylic acids is 1. The molecule has 4 heteroatoms. The van der Waals surface area contributed by atoms with Crippen LogP contribution in [0.2, 0.25) is 0 Å². The summed E-state index contributed by atoms with van der Waals surface area (Å²) < 4.78 is 0. The van der Waals surface area contributed by atoms with E-state index in [1.54, 1.807) is 4.90 Å². The summed E-state index contributed by atoms with van der Waals surface area (Å²) in [5.74, 6) is 1.20. The molecule has 2 aliphatic rings. The SMILES string of the molecule is CC(C)CN(CCC(=O)O)C(=O)C1C2CCCC21. The summed E-state index contributed by atoms with van der Waals surface area (Å²) in [7, 11) is 0. The second kappa shape index (κ2) is 5.29. The van der Waals surface area contributed by atoms with E-state index < -0.39 is 5.97 Å². The van der Waals surface area contributed by atoms with Crippen molar-refractivity contribution in [3.05, 3.63) is 0 Å². The van der Waals surface area contributed by atoms with Gasteiger partial charge in [-0.1, -0.05) is 20.3 Å². The van der Waals surface area contributed by atoms with Crippen LogP contribution in [0, 0.1) is 23.7 Å². The standard InChI is InChI=1S/C14H23NO3/c1-9(2)8-15(7-6-12(16)17)14(18)13-10-4-3-5-11(10)13/h9-11,13H,3-8H2,1-2H3,(H,16,17). The van der Waals surface area contributed by atoms with Gasteiger partial charge in [0.25, 0.3) is 0 Å². The third-order valence-electron chi connectivity index (χ3n) is 4.18. The maximum absolute atomic E-state index is 12.4. The molecular formula is C14H23NO3. The lowest BCUT2D eigenvalue weighted by Gasteiger charge is -2.24. The molecule has 0 saturated heterocycles. The van der Waals surface area contributed by atoms with Gasteiger partial charge in [0.05, 0.1) is 6.42 Å². The van der Waals surface area contributed by atoms with Gasteiger partial charge in [-0.2, -0.15) is 0 Å². The molecule has 0 bridgehead atoms. The summed E-state index contributed by atoms with van der Waals surface area (Å²) in [6, 6.07) is 0. The monoisotopic (exact) mass is 253 g/mol. The van der Waals surface area contributed by atoms with Gasteiger partial charge in [-0.3, -0.25) is 9.59 Å². The van der Waals surface area contributed by atoms with Gasteiger partial charge in [0.2, 0.25) is 5.91 Å². The minimum Gasteiger partial charge on any atom is -0.481 e. The molecule has 1 amide bonds. The van der Waals surface area contributed by atoms with E-state index in [1.165, 1.54) is 19.3 Å². The van der Waals surface area contributed by atoms with Crippen LogP contribution in [0.1, 0.15) is 39.5 Å². The van der Waals surface area contributed by atoms with Crippen molar-refractivity contribution in [3.63, 3.8) is 0 Å². The summed E-state index contributed by atoms with van der Waals surface area (Å²) >= 11 is 0. The van der Waals surface area contributed by atoms with Gasteiger partial charge in [-0.05, 0) is 30.6 Å². The van der Waals surface area contributed by atoms with Crippen LogP contribution in [-0.4, -0.2) is 35.0 Å². The van der Waals surface area contributed by atoms with E-state index in [9.17, 15) is 9.59 Å². The van der Waals surface area contributed by atoms with Crippen molar-refractivity contribution in [2.45, 2.75) is 39.5 Å². The van der Waals surface area contributed by atoms with E-state index in [2.05, 4.69) is 13.8 Å². The predicted octanol–water partition coefficient (Wildman–Crippen LogP) is 1.99. The molecule has 0 radical (unpaired) electrons. The molecule has 2 unspecified atom stereocenters. The van der Waals surface area contributed by atoms with Crippen molar-refractivity contribution in [2.24, 2.45) is 23.7 Å². The first kappa shape index (κ1) is 13.4. The highest BCUT2D eigenvalue weighted by Gasteiger charge is 2.57. The van der Waals surface area contributed by atoms with Crippen LogP contribution in [0.15, 0.2) is 0 Å². The number of carboxylic acid groups (broad SMARTS) is 1. The fourth-order valence-corrected chi connectivity index (χ4v) is 3.36. The zero-order valence-electron chi connectivity index (χ0n) is 11.3. The quantitative estimate of drug-likeness (QED) is 0.787. The van der Waals surface area contributed by atoms with E-state index in [0.717, 1.165) is 0 Å². The van der Waals surface area contributed by atoms with E-state index in [-0.39, 0.29) is 18.2 Å². The van der Waals surface area contributed by atoms with Crippen molar-refractivity contribution < 1.29 is 14.7 Å².